The molecular formula is C14H17FN2O4S. The Morgan fingerprint density at radius 2 is 2.05 bits per heavy atom. The minimum Gasteiger partial charge on any atom is -0.330 e. The Kier molecular flexibility index (Phi) is 4.80. The average molecular weight is 328 g/mol. The van der Waals surface area contributed by atoms with Crippen molar-refractivity contribution in [3.8, 4) is 0 Å². The van der Waals surface area contributed by atoms with Crippen LogP contribution in [-0.4, -0.2) is 49.2 Å². The molecule has 1 unspecified atom stereocenters. The van der Waals surface area contributed by atoms with Gasteiger partial charge in [0.1, 0.15) is 12.4 Å². The normalized spacial score (nSPS) is 19.6. The van der Waals surface area contributed by atoms with Crippen molar-refractivity contribution in [1.29, 1.82) is 0 Å². The fourth-order valence-electron chi connectivity index (χ4n) is 2.43. The van der Waals surface area contributed by atoms with Crippen molar-refractivity contribution in [2.24, 2.45) is 0 Å². The van der Waals surface area contributed by atoms with Crippen molar-refractivity contribution >= 4 is 27.3 Å². The Morgan fingerprint density at radius 3 is 2.59 bits per heavy atom. The summed E-state index contributed by atoms with van der Waals surface area (Å²) in [6, 6.07) is 5.18. The lowest BCUT2D eigenvalue weighted by molar-refractivity contribution is -0.134. The van der Waals surface area contributed by atoms with E-state index in [9.17, 15) is 22.4 Å². The summed E-state index contributed by atoms with van der Waals surface area (Å²) in [5, 5.41) is 2.38. The fraction of sp³-hybridized carbons (Fsp3) is 0.429. The number of carbonyl (C=O) groups is 2. The summed E-state index contributed by atoms with van der Waals surface area (Å²) >= 11 is 0. The third-order valence-corrected chi connectivity index (χ3v) is 5.27. The number of nitrogens with zero attached hydrogens (tertiary/aromatic N) is 1. The summed E-state index contributed by atoms with van der Waals surface area (Å²) in [6.07, 6.45) is 0.314. The molecule has 1 N–H and O–H groups in total. The summed E-state index contributed by atoms with van der Waals surface area (Å²) in [7, 11) is -3.16. The molecule has 6 nitrogen and oxygen atoms in total. The Balaban J connectivity index is 2.04. The molecule has 120 valence electrons. The first-order valence-electron chi connectivity index (χ1n) is 6.80. The predicted molar refractivity (Wildman–Crippen MR) is 79.5 cm³/mol. The van der Waals surface area contributed by atoms with E-state index in [1.807, 2.05) is 0 Å². The summed E-state index contributed by atoms with van der Waals surface area (Å²) in [4.78, 5) is 24.9. The van der Waals surface area contributed by atoms with Gasteiger partial charge in [-0.25, -0.2) is 12.8 Å². The van der Waals surface area contributed by atoms with Gasteiger partial charge in [-0.05, 0) is 18.6 Å². The molecule has 0 radical (unpaired) electrons. The van der Waals surface area contributed by atoms with Crippen LogP contribution in [0.5, 0.6) is 0 Å². The number of benzene rings is 1. The lowest BCUT2D eigenvalue weighted by atomic mass is 10.2. The van der Waals surface area contributed by atoms with Crippen LogP contribution in [0, 0.1) is 5.82 Å². The zero-order valence-electron chi connectivity index (χ0n) is 12.1. The zero-order valence-corrected chi connectivity index (χ0v) is 12.9. The van der Waals surface area contributed by atoms with Gasteiger partial charge in [0.05, 0.1) is 17.2 Å². The predicted octanol–water partition coefficient (Wildman–Crippen LogP) is 0.800. The standard InChI is InChI=1S/C14H17FN2O4S/c1-10(18)17(11-6-7-22(20,21)9-11)8-14(19)16-13-5-3-2-4-12(13)15/h2-5,11H,6-9H2,1H3,(H,16,19). The maximum absolute atomic E-state index is 13.5. The number of anilines is 1. The first-order valence-corrected chi connectivity index (χ1v) is 8.62. The highest BCUT2D eigenvalue weighted by Gasteiger charge is 2.34. The highest BCUT2D eigenvalue weighted by Crippen LogP contribution is 2.18. The van der Waals surface area contributed by atoms with Crippen LogP contribution in [-0.2, 0) is 19.4 Å². The molecule has 2 amide bonds. The monoisotopic (exact) mass is 328 g/mol. The third kappa shape index (κ3) is 4.03. The SMILES string of the molecule is CC(=O)N(CC(=O)Nc1ccccc1F)C1CCS(=O)(=O)C1. The molecule has 0 spiro atoms. The number of para-hydroxylation sites is 1. The highest BCUT2D eigenvalue weighted by atomic mass is 32.2. The quantitative estimate of drug-likeness (QED) is 0.886. The van der Waals surface area contributed by atoms with E-state index in [0.29, 0.717) is 6.42 Å². The average Bonchev–Trinajstić information content (AvgIpc) is 2.78. The van der Waals surface area contributed by atoms with Crippen LogP contribution in [0.2, 0.25) is 0 Å². The number of hydrogen-bond donors (Lipinski definition) is 1. The van der Waals surface area contributed by atoms with E-state index >= 15 is 0 Å². The molecule has 1 fully saturated rings. The molecule has 1 atom stereocenters. The maximum atomic E-state index is 13.5. The summed E-state index contributed by atoms with van der Waals surface area (Å²) in [5.74, 6) is -1.65. The molecular weight excluding hydrogens is 311 g/mol. The molecule has 2 rings (SSSR count). The number of halogens is 1. The number of amides is 2. The highest BCUT2D eigenvalue weighted by molar-refractivity contribution is 7.91. The molecule has 1 aromatic carbocycles. The fourth-order valence-corrected chi connectivity index (χ4v) is 4.16. The van der Waals surface area contributed by atoms with Gasteiger partial charge in [-0.15, -0.1) is 0 Å². The van der Waals surface area contributed by atoms with Crippen molar-refractivity contribution in [2.75, 3.05) is 23.4 Å². The number of carbonyl (C=O) groups excluding carboxylic acids is 2. The first kappa shape index (κ1) is 16.4. The summed E-state index contributed by atoms with van der Waals surface area (Å²) in [6.45, 7) is 0.977. The van der Waals surface area contributed by atoms with E-state index in [0.717, 1.165) is 0 Å². The summed E-state index contributed by atoms with van der Waals surface area (Å²) in [5.41, 5.74) is 0.0232. The molecule has 1 aromatic rings. The van der Waals surface area contributed by atoms with E-state index < -0.39 is 27.6 Å². The van der Waals surface area contributed by atoms with Gasteiger partial charge in [0.2, 0.25) is 11.8 Å². The minimum atomic E-state index is -3.16. The smallest absolute Gasteiger partial charge is 0.244 e. The molecule has 0 bridgehead atoms. The molecule has 1 heterocycles. The van der Waals surface area contributed by atoms with Gasteiger partial charge in [-0.2, -0.15) is 0 Å². The van der Waals surface area contributed by atoms with Crippen molar-refractivity contribution in [1.82, 2.24) is 4.90 Å². The van der Waals surface area contributed by atoms with Gasteiger partial charge in [0.15, 0.2) is 9.84 Å². The van der Waals surface area contributed by atoms with Crippen LogP contribution in [0.15, 0.2) is 24.3 Å². The first-order chi connectivity index (χ1) is 10.3. The molecule has 8 heteroatoms. The van der Waals surface area contributed by atoms with Crippen LogP contribution < -0.4 is 5.32 Å². The van der Waals surface area contributed by atoms with Gasteiger partial charge in [0, 0.05) is 13.0 Å². The van der Waals surface area contributed by atoms with Crippen LogP contribution in [0.25, 0.3) is 0 Å². The number of nitrogens with one attached hydrogen (secondary N) is 1. The van der Waals surface area contributed by atoms with Crippen LogP contribution >= 0.6 is 0 Å². The Hall–Kier alpha value is -1.96. The van der Waals surface area contributed by atoms with Gasteiger partial charge in [-0.1, -0.05) is 12.1 Å². The molecule has 0 saturated carbocycles. The molecule has 1 aliphatic rings. The zero-order chi connectivity index (χ0) is 16.3. The van der Waals surface area contributed by atoms with Gasteiger partial charge >= 0.3 is 0 Å². The van der Waals surface area contributed by atoms with Gasteiger partial charge < -0.3 is 10.2 Å². The molecule has 0 aromatic heterocycles. The number of sulfone groups is 1. The van der Waals surface area contributed by atoms with Crippen molar-refractivity contribution in [2.45, 2.75) is 19.4 Å². The second-order valence-electron chi connectivity index (χ2n) is 5.23. The molecule has 1 aliphatic heterocycles. The van der Waals surface area contributed by atoms with Gasteiger partial charge in [0.25, 0.3) is 0 Å². The van der Waals surface area contributed by atoms with E-state index in [1.165, 1.54) is 30.0 Å². The Labute approximate surface area is 128 Å². The Bertz CT molecular complexity index is 690. The largest absolute Gasteiger partial charge is 0.330 e. The molecule has 1 saturated heterocycles. The second kappa shape index (κ2) is 6.43. The topological polar surface area (TPSA) is 83.6 Å². The van der Waals surface area contributed by atoms with Crippen LogP contribution in [0.1, 0.15) is 13.3 Å². The third-order valence-electron chi connectivity index (χ3n) is 3.52. The van der Waals surface area contributed by atoms with Crippen molar-refractivity contribution in [3.63, 3.8) is 0 Å². The van der Waals surface area contributed by atoms with Crippen LogP contribution in [0.4, 0.5) is 10.1 Å². The van der Waals surface area contributed by atoms with E-state index in [1.54, 1.807) is 6.07 Å². The van der Waals surface area contributed by atoms with E-state index in [-0.39, 0.29) is 29.6 Å². The minimum absolute atomic E-state index is 0.0103. The Morgan fingerprint density at radius 1 is 1.36 bits per heavy atom. The van der Waals surface area contributed by atoms with E-state index in [4.69, 9.17) is 0 Å². The van der Waals surface area contributed by atoms with Gasteiger partial charge in [-0.3, -0.25) is 9.59 Å². The second-order valence-corrected chi connectivity index (χ2v) is 7.46. The van der Waals surface area contributed by atoms with E-state index in [2.05, 4.69) is 5.32 Å². The lowest BCUT2D eigenvalue weighted by Gasteiger charge is -2.26. The molecule has 22 heavy (non-hydrogen) atoms. The molecule has 0 aliphatic carbocycles. The van der Waals surface area contributed by atoms with Crippen molar-refractivity contribution < 1.29 is 22.4 Å². The number of hydrogen-bond acceptors (Lipinski definition) is 4. The van der Waals surface area contributed by atoms with Crippen molar-refractivity contribution in [3.05, 3.63) is 30.1 Å². The maximum Gasteiger partial charge on any atom is 0.244 e. The number of rotatable bonds is 4. The van der Waals surface area contributed by atoms with Crippen LogP contribution in [0.3, 0.4) is 0 Å². The lowest BCUT2D eigenvalue weighted by Crippen LogP contribution is -2.44. The summed E-state index contributed by atoms with van der Waals surface area (Å²) < 4.78 is 36.5.